The molecule has 0 spiro atoms. The van der Waals surface area contributed by atoms with Crippen LogP contribution in [-0.2, 0) is 0 Å². The number of carbonyl (C=O) groups excluding carboxylic acids is 1. The molecule has 0 radical (unpaired) electrons. The number of hydrogen-bond acceptors (Lipinski definition) is 3. The van der Waals surface area contributed by atoms with Gasteiger partial charge in [-0.3, -0.25) is 4.79 Å². The molecular weight excluding hydrogens is 394 g/mol. The first kappa shape index (κ1) is 18.0. The summed E-state index contributed by atoms with van der Waals surface area (Å²) in [7, 11) is 0. The monoisotopic (exact) mass is 411 g/mol. The molecule has 4 nitrogen and oxygen atoms in total. The zero-order valence-electron chi connectivity index (χ0n) is 14.0. The van der Waals surface area contributed by atoms with Gasteiger partial charge in [-0.15, -0.1) is 0 Å². The molecule has 0 fully saturated rings. The molecule has 1 amide bonds. The summed E-state index contributed by atoms with van der Waals surface area (Å²) >= 11 is 3.39. The summed E-state index contributed by atoms with van der Waals surface area (Å²) in [6.07, 6.45) is 0. The van der Waals surface area contributed by atoms with E-state index in [0.717, 1.165) is 15.9 Å². The van der Waals surface area contributed by atoms with Crippen LogP contribution >= 0.6 is 15.9 Å². The first-order valence-corrected chi connectivity index (χ1v) is 8.98. The second kappa shape index (κ2) is 9.06. The largest absolute Gasteiger partial charge is 0.490 e. The third kappa shape index (κ3) is 5.36. The Morgan fingerprint density at radius 1 is 0.808 bits per heavy atom. The number of ether oxygens (including phenoxy) is 2. The van der Waals surface area contributed by atoms with Gasteiger partial charge in [0.15, 0.2) is 0 Å². The lowest BCUT2D eigenvalue weighted by atomic mass is 10.2. The van der Waals surface area contributed by atoms with Gasteiger partial charge < -0.3 is 14.8 Å². The second-order valence-electron chi connectivity index (χ2n) is 5.50. The maximum absolute atomic E-state index is 12.4. The number of anilines is 1. The third-order valence-electron chi connectivity index (χ3n) is 3.54. The van der Waals surface area contributed by atoms with E-state index in [4.69, 9.17) is 9.47 Å². The molecule has 3 aromatic rings. The predicted octanol–water partition coefficient (Wildman–Crippen LogP) is 5.16. The van der Waals surface area contributed by atoms with Gasteiger partial charge in [-0.2, -0.15) is 0 Å². The Bertz CT molecular complexity index is 868. The van der Waals surface area contributed by atoms with Crippen molar-refractivity contribution in [3.05, 3.63) is 88.9 Å². The molecule has 5 heteroatoms. The van der Waals surface area contributed by atoms with Crippen LogP contribution in [0.5, 0.6) is 11.5 Å². The molecule has 0 heterocycles. The Morgan fingerprint density at radius 3 is 2.27 bits per heavy atom. The van der Waals surface area contributed by atoms with Crippen molar-refractivity contribution in [3.8, 4) is 11.5 Å². The summed E-state index contributed by atoms with van der Waals surface area (Å²) in [6.45, 7) is 0.823. The molecule has 0 aliphatic heterocycles. The summed E-state index contributed by atoms with van der Waals surface area (Å²) in [5.41, 5.74) is 1.26. The van der Waals surface area contributed by atoms with Crippen molar-refractivity contribution in [2.45, 2.75) is 0 Å². The minimum Gasteiger partial charge on any atom is -0.490 e. The number of rotatable bonds is 7. The zero-order chi connectivity index (χ0) is 18.2. The van der Waals surface area contributed by atoms with E-state index >= 15 is 0 Å². The molecule has 26 heavy (non-hydrogen) atoms. The summed E-state index contributed by atoms with van der Waals surface area (Å²) in [6, 6.07) is 24.1. The van der Waals surface area contributed by atoms with Crippen molar-refractivity contribution < 1.29 is 14.3 Å². The van der Waals surface area contributed by atoms with Crippen LogP contribution in [0.1, 0.15) is 10.4 Å². The minimum absolute atomic E-state index is 0.186. The van der Waals surface area contributed by atoms with Gasteiger partial charge in [-0.25, -0.2) is 0 Å². The Labute approximate surface area is 160 Å². The van der Waals surface area contributed by atoms with Crippen molar-refractivity contribution in [1.29, 1.82) is 0 Å². The first-order chi connectivity index (χ1) is 12.7. The number of para-hydroxylation sites is 1. The minimum atomic E-state index is -0.186. The summed E-state index contributed by atoms with van der Waals surface area (Å²) < 4.78 is 12.2. The van der Waals surface area contributed by atoms with Gasteiger partial charge in [0.2, 0.25) is 0 Å². The van der Waals surface area contributed by atoms with Gasteiger partial charge >= 0.3 is 0 Å². The topological polar surface area (TPSA) is 47.6 Å². The third-order valence-corrected chi connectivity index (χ3v) is 4.04. The second-order valence-corrected chi connectivity index (χ2v) is 6.42. The molecule has 3 rings (SSSR count). The Hall–Kier alpha value is -2.79. The van der Waals surface area contributed by atoms with Crippen LogP contribution in [0.15, 0.2) is 83.3 Å². The van der Waals surface area contributed by atoms with Crippen LogP contribution < -0.4 is 14.8 Å². The van der Waals surface area contributed by atoms with E-state index in [-0.39, 0.29) is 5.91 Å². The highest BCUT2D eigenvalue weighted by Gasteiger charge is 2.07. The fourth-order valence-corrected chi connectivity index (χ4v) is 2.73. The first-order valence-electron chi connectivity index (χ1n) is 8.18. The van der Waals surface area contributed by atoms with Gasteiger partial charge in [0.25, 0.3) is 5.91 Å². The Balaban J connectivity index is 1.53. The molecule has 1 N–H and O–H groups in total. The van der Waals surface area contributed by atoms with Gasteiger partial charge in [-0.05, 0) is 48.5 Å². The normalized spacial score (nSPS) is 10.2. The number of hydrogen-bond donors (Lipinski definition) is 1. The van der Waals surface area contributed by atoms with Crippen molar-refractivity contribution in [2.24, 2.45) is 0 Å². The number of halogens is 1. The fraction of sp³-hybridized carbons (Fsp3) is 0.0952. The summed E-state index contributed by atoms with van der Waals surface area (Å²) in [4.78, 5) is 12.4. The predicted molar refractivity (Wildman–Crippen MR) is 106 cm³/mol. The lowest BCUT2D eigenvalue weighted by molar-refractivity contribution is 0.102. The SMILES string of the molecule is O=C(Nc1cccc(Br)c1)c1cccc(OCCOc2ccccc2)c1. The smallest absolute Gasteiger partial charge is 0.255 e. The Morgan fingerprint density at radius 2 is 1.50 bits per heavy atom. The average molecular weight is 412 g/mol. The van der Waals surface area contributed by atoms with Gasteiger partial charge in [0.05, 0.1) is 0 Å². The van der Waals surface area contributed by atoms with Crippen molar-refractivity contribution >= 4 is 27.5 Å². The number of benzene rings is 3. The molecular formula is C21H18BrNO3. The molecule has 0 saturated heterocycles. The lowest BCUT2D eigenvalue weighted by Gasteiger charge is -2.10. The molecule has 0 unspecified atom stereocenters. The van der Waals surface area contributed by atoms with Crippen LogP contribution in [-0.4, -0.2) is 19.1 Å². The lowest BCUT2D eigenvalue weighted by Crippen LogP contribution is -2.13. The van der Waals surface area contributed by atoms with E-state index in [1.165, 1.54) is 0 Å². The van der Waals surface area contributed by atoms with E-state index in [9.17, 15) is 4.79 Å². The quantitative estimate of drug-likeness (QED) is 0.546. The van der Waals surface area contributed by atoms with E-state index in [0.29, 0.717) is 24.5 Å². The van der Waals surface area contributed by atoms with Crippen molar-refractivity contribution in [2.75, 3.05) is 18.5 Å². The number of amides is 1. The highest BCUT2D eigenvalue weighted by molar-refractivity contribution is 9.10. The van der Waals surface area contributed by atoms with Crippen LogP contribution in [0.2, 0.25) is 0 Å². The standard InChI is InChI=1S/C21H18BrNO3/c22-17-7-5-8-18(15-17)23-21(24)16-6-4-11-20(14-16)26-13-12-25-19-9-2-1-3-10-19/h1-11,14-15H,12-13H2,(H,23,24). The van der Waals surface area contributed by atoms with Crippen LogP contribution in [0.25, 0.3) is 0 Å². The van der Waals surface area contributed by atoms with Crippen LogP contribution in [0.4, 0.5) is 5.69 Å². The fourth-order valence-electron chi connectivity index (χ4n) is 2.33. The van der Waals surface area contributed by atoms with E-state index < -0.39 is 0 Å². The number of carbonyl (C=O) groups is 1. The molecule has 3 aromatic carbocycles. The molecule has 0 aliphatic carbocycles. The van der Waals surface area contributed by atoms with Gasteiger partial charge in [0.1, 0.15) is 24.7 Å². The number of nitrogens with one attached hydrogen (secondary N) is 1. The van der Waals surface area contributed by atoms with E-state index in [2.05, 4.69) is 21.2 Å². The van der Waals surface area contributed by atoms with Gasteiger partial charge in [0, 0.05) is 15.7 Å². The van der Waals surface area contributed by atoms with Crippen LogP contribution in [0.3, 0.4) is 0 Å². The van der Waals surface area contributed by atoms with Crippen molar-refractivity contribution in [1.82, 2.24) is 0 Å². The average Bonchev–Trinajstić information content (AvgIpc) is 2.66. The Kier molecular flexibility index (Phi) is 6.28. The molecule has 0 aliphatic rings. The maximum atomic E-state index is 12.4. The molecule has 0 atom stereocenters. The molecule has 0 saturated carbocycles. The molecule has 0 bridgehead atoms. The van der Waals surface area contributed by atoms with E-state index in [1.807, 2.05) is 60.7 Å². The summed E-state index contributed by atoms with van der Waals surface area (Å²) in [5.74, 6) is 1.25. The van der Waals surface area contributed by atoms with Crippen LogP contribution in [0, 0.1) is 0 Å². The zero-order valence-corrected chi connectivity index (χ0v) is 15.6. The highest BCUT2D eigenvalue weighted by atomic mass is 79.9. The maximum Gasteiger partial charge on any atom is 0.255 e. The molecule has 132 valence electrons. The summed E-state index contributed by atoms with van der Waals surface area (Å²) in [5, 5.41) is 2.87. The molecule has 0 aromatic heterocycles. The van der Waals surface area contributed by atoms with Gasteiger partial charge in [-0.1, -0.05) is 46.3 Å². The van der Waals surface area contributed by atoms with E-state index in [1.54, 1.807) is 18.2 Å². The van der Waals surface area contributed by atoms with Crippen molar-refractivity contribution in [3.63, 3.8) is 0 Å². The highest BCUT2D eigenvalue weighted by Crippen LogP contribution is 2.18.